The summed E-state index contributed by atoms with van der Waals surface area (Å²) in [5, 5.41) is 11.2. The van der Waals surface area contributed by atoms with Crippen molar-refractivity contribution in [3.63, 3.8) is 0 Å². The zero-order chi connectivity index (χ0) is 21.4. The summed E-state index contributed by atoms with van der Waals surface area (Å²) in [6, 6.07) is 5.02. The maximum absolute atomic E-state index is 12.4. The van der Waals surface area contributed by atoms with Gasteiger partial charge in [0.25, 0.3) is 5.91 Å². The minimum absolute atomic E-state index is 0.0288. The molecular formula is C19H24N2O6S. The maximum atomic E-state index is 12.4. The molecule has 8 nitrogen and oxygen atoms in total. The molecular weight excluding hydrogens is 384 g/mol. The Morgan fingerprint density at radius 2 is 1.89 bits per heavy atom. The maximum Gasteiger partial charge on any atom is 0.330 e. The van der Waals surface area contributed by atoms with Crippen LogP contribution in [0.5, 0.6) is 0 Å². The summed E-state index contributed by atoms with van der Waals surface area (Å²) in [4.78, 5) is 24.4. The number of sulfone groups is 1. The molecule has 152 valence electrons. The van der Waals surface area contributed by atoms with Gasteiger partial charge in [-0.15, -0.1) is 13.2 Å². The lowest BCUT2D eigenvalue weighted by Crippen LogP contribution is -2.74. The number of hydrogen-bond acceptors (Lipinski definition) is 7. The van der Waals surface area contributed by atoms with Crippen LogP contribution in [0.1, 0.15) is 22.3 Å². The first-order chi connectivity index (χ1) is 13.2. The van der Waals surface area contributed by atoms with Gasteiger partial charge in [0.2, 0.25) is 0 Å². The van der Waals surface area contributed by atoms with E-state index in [2.05, 4.69) is 35.1 Å². The summed E-state index contributed by atoms with van der Waals surface area (Å²) < 4.78 is 27.5. The molecule has 4 N–H and O–H groups in total. The third-order valence-electron chi connectivity index (χ3n) is 3.88. The summed E-state index contributed by atoms with van der Waals surface area (Å²) in [6.07, 6.45) is 0.352. The fourth-order valence-electron chi connectivity index (χ4n) is 2.64. The van der Waals surface area contributed by atoms with E-state index < -0.39 is 44.8 Å². The molecule has 1 aromatic carbocycles. The van der Waals surface area contributed by atoms with Gasteiger partial charge in [-0.2, -0.15) is 0 Å². The molecule has 1 amide bonds. The Labute approximate surface area is 164 Å². The Morgan fingerprint density at radius 3 is 2.36 bits per heavy atom. The molecule has 0 spiro atoms. The van der Waals surface area contributed by atoms with E-state index in [0.29, 0.717) is 12.0 Å². The van der Waals surface area contributed by atoms with Crippen LogP contribution in [0, 0.1) is 11.8 Å². The van der Waals surface area contributed by atoms with Crippen LogP contribution in [0.2, 0.25) is 0 Å². The number of esters is 1. The van der Waals surface area contributed by atoms with Crippen LogP contribution in [0.4, 0.5) is 0 Å². The van der Waals surface area contributed by atoms with E-state index in [1.165, 1.54) is 12.1 Å². The van der Waals surface area contributed by atoms with Crippen LogP contribution in [0.15, 0.2) is 37.4 Å². The minimum atomic E-state index is -3.31. The lowest BCUT2D eigenvalue weighted by molar-refractivity contribution is -0.144. The number of aliphatic hydroxyl groups excluding tert-OH is 1. The number of benzene rings is 1. The van der Waals surface area contributed by atoms with Crippen molar-refractivity contribution in [2.24, 2.45) is 5.73 Å². The fourth-order valence-corrected chi connectivity index (χ4v) is 4.52. The SMILES string of the molecule is C=C.COC(=O)C(NC(=O)c1ccc(C#CCCO)cc1)C1(N)CS(=O)(=O)C1. The van der Waals surface area contributed by atoms with Gasteiger partial charge in [0.1, 0.15) is 6.04 Å². The second kappa shape index (κ2) is 10.0. The highest BCUT2D eigenvalue weighted by Gasteiger charge is 2.54. The number of rotatable bonds is 5. The summed E-state index contributed by atoms with van der Waals surface area (Å²) in [5.41, 5.74) is 5.52. The van der Waals surface area contributed by atoms with Crippen molar-refractivity contribution in [2.45, 2.75) is 18.0 Å². The van der Waals surface area contributed by atoms with Gasteiger partial charge < -0.3 is 20.9 Å². The number of aliphatic hydroxyl groups is 1. The van der Waals surface area contributed by atoms with Crippen molar-refractivity contribution >= 4 is 21.7 Å². The van der Waals surface area contributed by atoms with Crippen molar-refractivity contribution in [2.75, 3.05) is 25.2 Å². The lowest BCUT2D eigenvalue weighted by Gasteiger charge is -2.42. The van der Waals surface area contributed by atoms with Crippen molar-refractivity contribution < 1.29 is 27.9 Å². The smallest absolute Gasteiger partial charge is 0.330 e. The van der Waals surface area contributed by atoms with Crippen LogP contribution in [0.25, 0.3) is 0 Å². The van der Waals surface area contributed by atoms with Crippen LogP contribution < -0.4 is 11.1 Å². The molecule has 28 heavy (non-hydrogen) atoms. The van der Waals surface area contributed by atoms with E-state index in [0.717, 1.165) is 7.11 Å². The zero-order valence-corrected chi connectivity index (χ0v) is 16.4. The first kappa shape index (κ1) is 23.4. The van der Waals surface area contributed by atoms with E-state index in [1.807, 2.05) is 0 Å². The molecule has 0 radical (unpaired) electrons. The standard InChI is InChI=1S/C17H20N2O6S.C2H4/c1-25-16(22)14(17(18)10-26(23,24)11-17)19-15(21)13-7-5-12(6-8-13)4-2-3-9-20;1-2/h5-8,14,20H,3,9-11,18H2,1H3,(H,19,21);1-2H2. The number of nitrogens with two attached hydrogens (primary N) is 1. The topological polar surface area (TPSA) is 136 Å². The Kier molecular flexibility index (Phi) is 8.37. The molecule has 0 aliphatic carbocycles. The van der Waals surface area contributed by atoms with Crippen LogP contribution in [0.3, 0.4) is 0 Å². The average molecular weight is 408 g/mol. The highest BCUT2D eigenvalue weighted by molar-refractivity contribution is 7.93. The number of carbonyl (C=O) groups is 2. The Balaban J connectivity index is 0.00000190. The van der Waals surface area contributed by atoms with Gasteiger partial charge in [-0.1, -0.05) is 11.8 Å². The molecule has 1 aliphatic rings. The highest BCUT2D eigenvalue weighted by atomic mass is 32.2. The van der Waals surface area contributed by atoms with Crippen LogP contribution in [-0.2, 0) is 19.4 Å². The Hall–Kier alpha value is -2.67. The Morgan fingerprint density at radius 1 is 1.32 bits per heavy atom. The van der Waals surface area contributed by atoms with Gasteiger partial charge in [0.15, 0.2) is 9.84 Å². The monoisotopic (exact) mass is 408 g/mol. The molecule has 1 unspecified atom stereocenters. The van der Waals surface area contributed by atoms with Gasteiger partial charge in [-0.25, -0.2) is 13.2 Å². The number of methoxy groups -OCH3 is 1. The van der Waals surface area contributed by atoms with Crippen molar-refractivity contribution in [3.8, 4) is 11.8 Å². The zero-order valence-electron chi connectivity index (χ0n) is 15.6. The van der Waals surface area contributed by atoms with Gasteiger partial charge in [-0.3, -0.25) is 4.79 Å². The third-order valence-corrected chi connectivity index (χ3v) is 5.84. The van der Waals surface area contributed by atoms with Crippen molar-refractivity contribution in [1.29, 1.82) is 0 Å². The number of nitrogens with one attached hydrogen (secondary N) is 1. The van der Waals surface area contributed by atoms with E-state index in [1.54, 1.807) is 12.1 Å². The molecule has 1 saturated heterocycles. The molecule has 0 bridgehead atoms. The predicted molar refractivity (Wildman–Crippen MR) is 105 cm³/mol. The summed E-state index contributed by atoms with van der Waals surface area (Å²) in [5.74, 6) is 3.40. The summed E-state index contributed by atoms with van der Waals surface area (Å²) in [7, 11) is -2.17. The molecule has 9 heteroatoms. The largest absolute Gasteiger partial charge is 0.467 e. The highest BCUT2D eigenvalue weighted by Crippen LogP contribution is 2.25. The lowest BCUT2D eigenvalue weighted by atomic mass is 9.94. The fraction of sp³-hybridized carbons (Fsp3) is 0.368. The molecule has 0 aromatic heterocycles. The third kappa shape index (κ3) is 5.92. The van der Waals surface area contributed by atoms with Crippen LogP contribution >= 0.6 is 0 Å². The van der Waals surface area contributed by atoms with E-state index in [-0.39, 0.29) is 12.2 Å². The average Bonchev–Trinajstić information content (AvgIpc) is 2.66. The quantitative estimate of drug-likeness (QED) is 0.343. The predicted octanol–water partition coefficient (Wildman–Crippen LogP) is -0.380. The number of amides is 1. The second-order valence-corrected chi connectivity index (χ2v) is 8.11. The molecule has 1 fully saturated rings. The summed E-state index contributed by atoms with van der Waals surface area (Å²) >= 11 is 0. The number of hydrogen-bond donors (Lipinski definition) is 3. The molecule has 1 aliphatic heterocycles. The minimum Gasteiger partial charge on any atom is -0.467 e. The molecule has 1 atom stereocenters. The second-order valence-electron chi connectivity index (χ2n) is 6.05. The first-order valence-electron chi connectivity index (χ1n) is 8.28. The van der Waals surface area contributed by atoms with Gasteiger partial charge >= 0.3 is 5.97 Å². The molecule has 1 heterocycles. The first-order valence-corrected chi connectivity index (χ1v) is 10.1. The molecule has 1 aromatic rings. The van der Waals surface area contributed by atoms with Crippen LogP contribution in [-0.4, -0.2) is 62.2 Å². The van der Waals surface area contributed by atoms with E-state index in [9.17, 15) is 18.0 Å². The van der Waals surface area contributed by atoms with Gasteiger partial charge in [0, 0.05) is 17.5 Å². The van der Waals surface area contributed by atoms with Gasteiger partial charge in [0.05, 0.1) is 30.8 Å². The molecule has 0 saturated carbocycles. The Bertz CT molecular complexity index is 856. The number of carbonyl (C=O) groups excluding carboxylic acids is 2. The summed E-state index contributed by atoms with van der Waals surface area (Å²) in [6.45, 7) is 5.97. The van der Waals surface area contributed by atoms with Crippen molar-refractivity contribution in [1.82, 2.24) is 5.32 Å². The van der Waals surface area contributed by atoms with Crippen molar-refractivity contribution in [3.05, 3.63) is 48.6 Å². The van der Waals surface area contributed by atoms with Gasteiger partial charge in [-0.05, 0) is 24.3 Å². The molecule has 2 rings (SSSR count). The normalized spacial score (nSPS) is 16.7. The van der Waals surface area contributed by atoms with E-state index >= 15 is 0 Å². The number of ether oxygens (including phenoxy) is 1. The van der Waals surface area contributed by atoms with E-state index in [4.69, 9.17) is 10.8 Å².